The minimum Gasteiger partial charge on any atom is -0.495 e. The molecule has 6 heteroatoms. The number of nitrogens with one attached hydrogen (secondary N) is 1. The Hall–Kier alpha value is -2.63. The number of rotatable bonds is 5. The summed E-state index contributed by atoms with van der Waals surface area (Å²) < 4.78 is 5.53. The lowest BCUT2D eigenvalue weighted by atomic mass is 10.1. The first-order valence-electron chi connectivity index (χ1n) is 9.23. The number of likely N-dealkylation sites (tertiary alicyclic amines) is 1. The molecule has 5 nitrogen and oxygen atoms in total. The van der Waals surface area contributed by atoms with Crippen LogP contribution in [0.25, 0.3) is 10.9 Å². The van der Waals surface area contributed by atoms with E-state index in [2.05, 4.69) is 39.5 Å². The molecule has 1 aliphatic heterocycles. The zero-order chi connectivity index (χ0) is 18.6. The molecule has 1 N–H and O–H groups in total. The van der Waals surface area contributed by atoms with Gasteiger partial charge in [-0.15, -0.1) is 12.4 Å². The number of nitrogens with zero attached hydrogens (tertiary/aromatic N) is 2. The van der Waals surface area contributed by atoms with Gasteiger partial charge in [0.05, 0.1) is 12.6 Å². The van der Waals surface area contributed by atoms with Crippen LogP contribution in [0.4, 0.5) is 0 Å². The number of pyridine rings is 1. The number of carbonyl (C=O) groups is 1. The third-order valence-electron chi connectivity index (χ3n) is 5.03. The van der Waals surface area contributed by atoms with Gasteiger partial charge >= 0.3 is 0 Å². The second-order valence-electron chi connectivity index (χ2n) is 6.90. The zero-order valence-electron chi connectivity index (χ0n) is 15.8. The van der Waals surface area contributed by atoms with Gasteiger partial charge in [-0.3, -0.25) is 14.7 Å². The number of aromatic nitrogens is 1. The van der Waals surface area contributed by atoms with Crippen molar-refractivity contribution in [3.8, 4) is 5.75 Å². The molecule has 2 aromatic carbocycles. The van der Waals surface area contributed by atoms with Gasteiger partial charge in [-0.1, -0.05) is 42.5 Å². The van der Waals surface area contributed by atoms with E-state index in [0.717, 1.165) is 37.0 Å². The fourth-order valence-electron chi connectivity index (χ4n) is 3.70. The lowest BCUT2D eigenvalue weighted by Crippen LogP contribution is -2.37. The fraction of sp³-hybridized carbons (Fsp3) is 0.273. The second-order valence-corrected chi connectivity index (χ2v) is 6.90. The lowest BCUT2D eigenvalue weighted by molar-refractivity contribution is 0.0934. The van der Waals surface area contributed by atoms with Gasteiger partial charge in [-0.25, -0.2) is 0 Å². The van der Waals surface area contributed by atoms with E-state index >= 15 is 0 Å². The average Bonchev–Trinajstić information content (AvgIpc) is 3.14. The van der Waals surface area contributed by atoms with Crippen LogP contribution in [0.2, 0.25) is 0 Å². The number of methoxy groups -OCH3 is 1. The van der Waals surface area contributed by atoms with Gasteiger partial charge in [0.2, 0.25) is 0 Å². The van der Waals surface area contributed by atoms with Gasteiger partial charge in [0.1, 0.15) is 11.3 Å². The Morgan fingerprint density at radius 2 is 1.93 bits per heavy atom. The highest BCUT2D eigenvalue weighted by molar-refractivity contribution is 6.02. The van der Waals surface area contributed by atoms with Gasteiger partial charge in [0.15, 0.2) is 0 Å². The quantitative estimate of drug-likeness (QED) is 0.713. The van der Waals surface area contributed by atoms with Crippen molar-refractivity contribution in [1.29, 1.82) is 0 Å². The molecule has 0 spiro atoms. The third-order valence-corrected chi connectivity index (χ3v) is 5.03. The Morgan fingerprint density at radius 1 is 1.18 bits per heavy atom. The molecule has 1 fully saturated rings. The molecule has 2 heterocycles. The van der Waals surface area contributed by atoms with Crippen LogP contribution in [0.5, 0.6) is 5.75 Å². The van der Waals surface area contributed by atoms with Crippen molar-refractivity contribution in [2.75, 3.05) is 20.2 Å². The topological polar surface area (TPSA) is 54.5 Å². The number of ether oxygens (including phenoxy) is 1. The van der Waals surface area contributed by atoms with E-state index in [9.17, 15) is 4.79 Å². The molecular formula is C22H24ClN3O2. The standard InChI is InChI=1S/C22H23N3O2.ClH/c1-27-21-18-9-5-6-10-20(18)23-13-19(21)22(26)24-17-11-12-25(15-17)14-16-7-3-2-4-8-16;/h2-10,13,17H,11-12,14-15H2,1H3,(H,24,26);1H. The summed E-state index contributed by atoms with van der Waals surface area (Å²) in [5.74, 6) is 0.453. The number of fused-ring (bicyclic) bond motifs is 1. The van der Waals surface area contributed by atoms with Crippen LogP contribution in [0.3, 0.4) is 0 Å². The van der Waals surface area contributed by atoms with Gasteiger partial charge in [0, 0.05) is 37.3 Å². The SMILES string of the molecule is COc1c(C(=O)NC2CCN(Cc3ccccc3)C2)cnc2ccccc12.Cl. The van der Waals surface area contributed by atoms with Crippen molar-refractivity contribution in [3.05, 3.63) is 71.9 Å². The van der Waals surface area contributed by atoms with Gasteiger partial charge in [-0.05, 0) is 24.1 Å². The van der Waals surface area contributed by atoms with Crippen LogP contribution in [0, 0.1) is 0 Å². The first-order chi connectivity index (χ1) is 13.2. The number of hydrogen-bond donors (Lipinski definition) is 1. The molecule has 0 bridgehead atoms. The van der Waals surface area contributed by atoms with E-state index in [4.69, 9.17) is 4.74 Å². The van der Waals surface area contributed by atoms with Crippen molar-refractivity contribution in [2.45, 2.75) is 19.0 Å². The van der Waals surface area contributed by atoms with Gasteiger partial charge < -0.3 is 10.1 Å². The number of hydrogen-bond acceptors (Lipinski definition) is 4. The maximum absolute atomic E-state index is 12.8. The minimum absolute atomic E-state index is 0. The van der Waals surface area contributed by atoms with Crippen molar-refractivity contribution in [1.82, 2.24) is 15.2 Å². The summed E-state index contributed by atoms with van der Waals surface area (Å²) in [5, 5.41) is 4.00. The number of halogens is 1. The maximum Gasteiger partial charge on any atom is 0.256 e. The van der Waals surface area contributed by atoms with Crippen LogP contribution in [-0.4, -0.2) is 42.0 Å². The van der Waals surface area contributed by atoms with Crippen LogP contribution >= 0.6 is 12.4 Å². The zero-order valence-corrected chi connectivity index (χ0v) is 16.6. The normalized spacial score (nSPS) is 16.5. The Morgan fingerprint density at radius 3 is 2.71 bits per heavy atom. The summed E-state index contributed by atoms with van der Waals surface area (Å²) in [7, 11) is 1.59. The molecule has 1 atom stereocenters. The van der Waals surface area contributed by atoms with E-state index in [1.807, 2.05) is 30.3 Å². The Kier molecular flexibility index (Phi) is 6.49. The second kappa shape index (κ2) is 9.04. The number of benzene rings is 2. The number of amides is 1. The molecule has 0 radical (unpaired) electrons. The summed E-state index contributed by atoms with van der Waals surface area (Å²) in [6, 6.07) is 18.2. The molecule has 1 unspecified atom stereocenters. The van der Waals surface area contributed by atoms with E-state index < -0.39 is 0 Å². The Labute approximate surface area is 171 Å². The smallest absolute Gasteiger partial charge is 0.256 e. The molecule has 0 saturated carbocycles. The van der Waals surface area contributed by atoms with E-state index in [1.54, 1.807) is 13.3 Å². The molecule has 146 valence electrons. The molecule has 28 heavy (non-hydrogen) atoms. The Balaban J connectivity index is 0.00000225. The van der Waals surface area contributed by atoms with Crippen LogP contribution in [0.1, 0.15) is 22.3 Å². The predicted octanol–water partition coefficient (Wildman–Crippen LogP) is 3.67. The van der Waals surface area contributed by atoms with Crippen LogP contribution in [-0.2, 0) is 6.54 Å². The molecule has 1 saturated heterocycles. The molecule has 1 aromatic heterocycles. The molecule has 1 aliphatic rings. The largest absolute Gasteiger partial charge is 0.495 e. The van der Waals surface area contributed by atoms with Gasteiger partial charge in [-0.2, -0.15) is 0 Å². The number of carbonyl (C=O) groups excluding carboxylic acids is 1. The highest BCUT2D eigenvalue weighted by atomic mass is 35.5. The van der Waals surface area contributed by atoms with Crippen molar-refractivity contribution < 1.29 is 9.53 Å². The summed E-state index contributed by atoms with van der Waals surface area (Å²) >= 11 is 0. The van der Waals surface area contributed by atoms with E-state index in [-0.39, 0.29) is 24.4 Å². The predicted molar refractivity (Wildman–Crippen MR) is 113 cm³/mol. The van der Waals surface area contributed by atoms with E-state index in [1.165, 1.54) is 5.56 Å². The number of para-hydroxylation sites is 1. The Bertz CT molecular complexity index is 949. The minimum atomic E-state index is -0.128. The highest BCUT2D eigenvalue weighted by Crippen LogP contribution is 2.28. The first-order valence-corrected chi connectivity index (χ1v) is 9.23. The first kappa shape index (κ1) is 20.1. The summed E-state index contributed by atoms with van der Waals surface area (Å²) in [4.78, 5) is 19.6. The van der Waals surface area contributed by atoms with Crippen LogP contribution in [0.15, 0.2) is 60.8 Å². The maximum atomic E-state index is 12.8. The molecular weight excluding hydrogens is 374 g/mol. The monoisotopic (exact) mass is 397 g/mol. The average molecular weight is 398 g/mol. The van der Waals surface area contributed by atoms with Crippen LogP contribution < -0.4 is 10.1 Å². The molecule has 1 amide bonds. The van der Waals surface area contributed by atoms with Gasteiger partial charge in [0.25, 0.3) is 5.91 Å². The fourth-order valence-corrected chi connectivity index (χ4v) is 3.70. The summed E-state index contributed by atoms with van der Waals surface area (Å²) in [6.07, 6.45) is 2.55. The summed E-state index contributed by atoms with van der Waals surface area (Å²) in [6.45, 7) is 2.74. The molecule has 4 rings (SSSR count). The molecule has 0 aliphatic carbocycles. The van der Waals surface area contributed by atoms with Crippen molar-refractivity contribution >= 4 is 29.2 Å². The summed E-state index contributed by atoms with van der Waals surface area (Å²) in [5.41, 5.74) is 2.60. The van der Waals surface area contributed by atoms with Crippen molar-refractivity contribution in [3.63, 3.8) is 0 Å². The van der Waals surface area contributed by atoms with Crippen molar-refractivity contribution in [2.24, 2.45) is 0 Å². The lowest BCUT2D eigenvalue weighted by Gasteiger charge is -2.17. The third kappa shape index (κ3) is 4.26. The van der Waals surface area contributed by atoms with E-state index in [0.29, 0.717) is 11.3 Å². The molecule has 3 aromatic rings. The highest BCUT2D eigenvalue weighted by Gasteiger charge is 2.25.